The maximum absolute atomic E-state index is 5.83. The molecule has 1 fully saturated rings. The van der Waals surface area contributed by atoms with E-state index in [0.717, 1.165) is 24.9 Å². The third-order valence-corrected chi connectivity index (χ3v) is 3.18. The summed E-state index contributed by atoms with van der Waals surface area (Å²) >= 11 is 0. The third kappa shape index (κ3) is 4.02. The Morgan fingerprint density at radius 3 is 2.78 bits per heavy atom. The highest BCUT2D eigenvalue weighted by Crippen LogP contribution is 2.23. The highest BCUT2D eigenvalue weighted by Gasteiger charge is 2.25. The molecule has 0 aromatic carbocycles. The van der Waals surface area contributed by atoms with E-state index < -0.39 is 0 Å². The topological polar surface area (TPSA) is 39.1 Å². The van der Waals surface area contributed by atoms with Gasteiger partial charge in [0.25, 0.3) is 0 Å². The lowest BCUT2D eigenvalue weighted by atomic mass is 9.95. The predicted octanol–water partition coefficient (Wildman–Crippen LogP) is 2.62. The molecule has 1 N–H and O–H groups in total. The van der Waals surface area contributed by atoms with Crippen molar-refractivity contribution >= 4 is 0 Å². The summed E-state index contributed by atoms with van der Waals surface area (Å²) in [5.41, 5.74) is 0.155. The van der Waals surface area contributed by atoms with Crippen LogP contribution in [-0.4, -0.2) is 29.0 Å². The van der Waals surface area contributed by atoms with E-state index in [2.05, 4.69) is 38.1 Å². The van der Waals surface area contributed by atoms with Crippen molar-refractivity contribution in [2.45, 2.75) is 52.6 Å². The number of nitrogens with one attached hydrogen (secondary N) is 1. The second-order valence-corrected chi connectivity index (χ2v) is 6.36. The number of hydrogen-bond donors (Lipinski definition) is 1. The van der Waals surface area contributed by atoms with E-state index in [1.54, 1.807) is 6.20 Å². The molecular weight excluding hydrogens is 226 g/mol. The molecule has 1 saturated carbocycles. The summed E-state index contributed by atoms with van der Waals surface area (Å²) in [4.78, 5) is 0. The van der Waals surface area contributed by atoms with Crippen molar-refractivity contribution in [3.05, 3.63) is 12.4 Å². The van der Waals surface area contributed by atoms with Gasteiger partial charge in [0.15, 0.2) is 5.75 Å². The van der Waals surface area contributed by atoms with E-state index in [9.17, 15) is 0 Å². The van der Waals surface area contributed by atoms with Gasteiger partial charge >= 0.3 is 0 Å². The molecule has 102 valence electrons. The van der Waals surface area contributed by atoms with Gasteiger partial charge in [-0.25, -0.2) is 0 Å². The van der Waals surface area contributed by atoms with Crippen molar-refractivity contribution in [1.29, 1.82) is 0 Å². The first-order valence-corrected chi connectivity index (χ1v) is 6.87. The SMILES string of the molecule is CC(C)n1cc(OCC(C)(C)CNC2CC2)cn1. The van der Waals surface area contributed by atoms with Crippen LogP contribution in [-0.2, 0) is 0 Å². The summed E-state index contributed by atoms with van der Waals surface area (Å²) in [6.07, 6.45) is 6.43. The number of hydrogen-bond acceptors (Lipinski definition) is 3. The molecule has 0 saturated heterocycles. The molecule has 0 radical (unpaired) electrons. The van der Waals surface area contributed by atoms with E-state index in [4.69, 9.17) is 4.74 Å². The van der Waals surface area contributed by atoms with E-state index >= 15 is 0 Å². The van der Waals surface area contributed by atoms with E-state index in [1.165, 1.54) is 12.8 Å². The van der Waals surface area contributed by atoms with Gasteiger partial charge in [-0.1, -0.05) is 13.8 Å². The Labute approximate surface area is 110 Å². The largest absolute Gasteiger partial charge is 0.490 e. The molecule has 1 heterocycles. The normalized spacial score (nSPS) is 16.3. The van der Waals surface area contributed by atoms with Crippen LogP contribution in [0.5, 0.6) is 5.75 Å². The minimum Gasteiger partial charge on any atom is -0.490 e. The molecule has 4 nitrogen and oxygen atoms in total. The molecule has 18 heavy (non-hydrogen) atoms. The van der Waals surface area contributed by atoms with Crippen molar-refractivity contribution in [1.82, 2.24) is 15.1 Å². The first-order valence-electron chi connectivity index (χ1n) is 6.87. The summed E-state index contributed by atoms with van der Waals surface area (Å²) in [5.74, 6) is 0.864. The minimum absolute atomic E-state index is 0.155. The highest BCUT2D eigenvalue weighted by atomic mass is 16.5. The van der Waals surface area contributed by atoms with Crippen LogP contribution >= 0.6 is 0 Å². The number of nitrogens with zero attached hydrogens (tertiary/aromatic N) is 2. The van der Waals surface area contributed by atoms with E-state index in [1.807, 2.05) is 10.9 Å². The first-order chi connectivity index (χ1) is 8.46. The highest BCUT2D eigenvalue weighted by molar-refractivity contribution is 5.12. The lowest BCUT2D eigenvalue weighted by Crippen LogP contribution is -2.35. The summed E-state index contributed by atoms with van der Waals surface area (Å²) in [7, 11) is 0. The summed E-state index contributed by atoms with van der Waals surface area (Å²) < 4.78 is 7.75. The van der Waals surface area contributed by atoms with Crippen LogP contribution in [0.2, 0.25) is 0 Å². The van der Waals surface area contributed by atoms with Gasteiger partial charge in [0.05, 0.1) is 19.0 Å². The number of aromatic nitrogens is 2. The van der Waals surface area contributed by atoms with Crippen LogP contribution in [0.4, 0.5) is 0 Å². The monoisotopic (exact) mass is 251 g/mol. The number of rotatable bonds is 7. The van der Waals surface area contributed by atoms with Gasteiger partial charge in [-0.3, -0.25) is 4.68 Å². The van der Waals surface area contributed by atoms with Crippen molar-refractivity contribution in [3.63, 3.8) is 0 Å². The Hall–Kier alpha value is -1.03. The molecule has 0 amide bonds. The molecule has 1 aromatic rings. The van der Waals surface area contributed by atoms with Crippen molar-refractivity contribution in [2.24, 2.45) is 5.41 Å². The third-order valence-electron chi connectivity index (χ3n) is 3.18. The fourth-order valence-corrected chi connectivity index (χ4v) is 1.72. The van der Waals surface area contributed by atoms with Gasteiger partial charge in [-0.2, -0.15) is 5.10 Å². The van der Waals surface area contributed by atoms with E-state index in [0.29, 0.717) is 6.04 Å². The Kier molecular flexibility index (Phi) is 3.95. The van der Waals surface area contributed by atoms with Gasteiger partial charge in [0.1, 0.15) is 0 Å². The molecule has 0 atom stereocenters. The second kappa shape index (κ2) is 5.31. The van der Waals surface area contributed by atoms with Gasteiger partial charge in [-0.05, 0) is 26.7 Å². The lowest BCUT2D eigenvalue weighted by molar-refractivity contribution is 0.175. The first kappa shape index (κ1) is 13.4. The molecule has 0 spiro atoms. The molecule has 2 rings (SSSR count). The van der Waals surface area contributed by atoms with Crippen LogP contribution in [0.3, 0.4) is 0 Å². The molecular formula is C14H25N3O. The predicted molar refractivity (Wildman–Crippen MR) is 72.9 cm³/mol. The second-order valence-electron chi connectivity index (χ2n) is 6.36. The molecule has 0 bridgehead atoms. The minimum atomic E-state index is 0.155. The summed E-state index contributed by atoms with van der Waals surface area (Å²) in [6, 6.07) is 1.14. The molecule has 1 aliphatic carbocycles. The average molecular weight is 251 g/mol. The van der Waals surface area contributed by atoms with Crippen LogP contribution in [0.1, 0.15) is 46.6 Å². The molecule has 0 unspecified atom stereocenters. The van der Waals surface area contributed by atoms with Crippen molar-refractivity contribution < 1.29 is 4.74 Å². The van der Waals surface area contributed by atoms with Crippen molar-refractivity contribution in [2.75, 3.05) is 13.2 Å². The number of ether oxygens (including phenoxy) is 1. The van der Waals surface area contributed by atoms with Crippen LogP contribution < -0.4 is 10.1 Å². The zero-order valence-electron chi connectivity index (χ0n) is 11.9. The zero-order chi connectivity index (χ0) is 13.2. The molecule has 1 aliphatic rings. The van der Waals surface area contributed by atoms with Gasteiger partial charge in [0, 0.05) is 24.0 Å². The van der Waals surface area contributed by atoms with Crippen LogP contribution in [0, 0.1) is 5.41 Å². The molecule has 4 heteroatoms. The maximum atomic E-state index is 5.83. The Morgan fingerprint density at radius 2 is 2.22 bits per heavy atom. The fraction of sp³-hybridized carbons (Fsp3) is 0.786. The van der Waals surface area contributed by atoms with Crippen LogP contribution in [0.25, 0.3) is 0 Å². The summed E-state index contributed by atoms with van der Waals surface area (Å²) in [5, 5.41) is 7.83. The fourth-order valence-electron chi connectivity index (χ4n) is 1.72. The standard InChI is InChI=1S/C14H25N3O/c1-11(2)17-8-13(7-16-17)18-10-14(3,4)9-15-12-5-6-12/h7-8,11-12,15H,5-6,9-10H2,1-4H3. The van der Waals surface area contributed by atoms with Gasteiger partial charge < -0.3 is 10.1 Å². The molecule has 0 aliphatic heterocycles. The Balaban J connectivity index is 1.77. The quantitative estimate of drug-likeness (QED) is 0.809. The lowest BCUT2D eigenvalue weighted by Gasteiger charge is -2.24. The Bertz CT molecular complexity index is 380. The summed E-state index contributed by atoms with van der Waals surface area (Å²) in [6.45, 7) is 10.4. The van der Waals surface area contributed by atoms with E-state index in [-0.39, 0.29) is 5.41 Å². The Morgan fingerprint density at radius 1 is 1.50 bits per heavy atom. The van der Waals surface area contributed by atoms with Crippen molar-refractivity contribution in [3.8, 4) is 5.75 Å². The van der Waals surface area contributed by atoms with Crippen LogP contribution in [0.15, 0.2) is 12.4 Å². The van der Waals surface area contributed by atoms with Gasteiger partial charge in [-0.15, -0.1) is 0 Å². The maximum Gasteiger partial charge on any atom is 0.157 e. The van der Waals surface area contributed by atoms with Gasteiger partial charge in [0.2, 0.25) is 0 Å². The average Bonchev–Trinajstić information content (AvgIpc) is 3.01. The zero-order valence-corrected chi connectivity index (χ0v) is 11.9. The molecule has 1 aromatic heterocycles. The smallest absolute Gasteiger partial charge is 0.157 e.